The lowest BCUT2D eigenvalue weighted by Gasteiger charge is -2.14. The zero-order valence-electron chi connectivity index (χ0n) is 21.4. The highest BCUT2D eigenvalue weighted by Gasteiger charge is 2.32. The van der Waals surface area contributed by atoms with E-state index in [1.165, 1.54) is 18.9 Å². The van der Waals surface area contributed by atoms with Gasteiger partial charge in [-0.3, -0.25) is 14.5 Å². The number of aryl methyl sites for hydroxylation is 1. The molecule has 0 unspecified atom stereocenters. The molecule has 0 atom stereocenters. The van der Waals surface area contributed by atoms with Gasteiger partial charge in [0.1, 0.15) is 4.32 Å². The Labute approximate surface area is 235 Å². The van der Waals surface area contributed by atoms with E-state index in [0.29, 0.717) is 38.8 Å². The number of benzene rings is 3. The molecular weight excluding hydrogens is 536 g/mol. The Hall–Kier alpha value is -4.02. The van der Waals surface area contributed by atoms with Crippen molar-refractivity contribution in [2.45, 2.75) is 19.9 Å². The predicted octanol–water partition coefficient (Wildman–Crippen LogP) is 5.41. The van der Waals surface area contributed by atoms with E-state index in [4.69, 9.17) is 31.2 Å². The van der Waals surface area contributed by atoms with Crippen molar-refractivity contribution in [3.8, 4) is 23.0 Å². The molecule has 5 rings (SSSR count). The molecule has 3 aromatic carbocycles. The second kappa shape index (κ2) is 11.8. The van der Waals surface area contributed by atoms with E-state index in [0.717, 1.165) is 28.8 Å². The lowest BCUT2D eigenvalue weighted by atomic mass is 10.1. The third-order valence-electron chi connectivity index (χ3n) is 6.17. The molecule has 1 fully saturated rings. The van der Waals surface area contributed by atoms with Crippen LogP contribution >= 0.6 is 24.0 Å². The summed E-state index contributed by atoms with van der Waals surface area (Å²) in [4.78, 5) is 27.7. The lowest BCUT2D eigenvalue weighted by molar-refractivity contribution is -0.122. The van der Waals surface area contributed by atoms with Crippen LogP contribution in [-0.4, -0.2) is 41.5 Å². The van der Waals surface area contributed by atoms with E-state index in [1.54, 1.807) is 29.2 Å². The number of carbonyl (C=O) groups is 2. The summed E-state index contributed by atoms with van der Waals surface area (Å²) in [6.07, 6.45) is 2.57. The molecule has 39 heavy (non-hydrogen) atoms. The van der Waals surface area contributed by atoms with E-state index in [9.17, 15) is 9.59 Å². The van der Waals surface area contributed by atoms with Crippen LogP contribution in [0.1, 0.15) is 23.6 Å². The van der Waals surface area contributed by atoms with Crippen molar-refractivity contribution < 1.29 is 28.5 Å². The molecule has 2 aliphatic rings. The number of amides is 2. The summed E-state index contributed by atoms with van der Waals surface area (Å²) in [5.41, 5.74) is 3.45. The van der Waals surface area contributed by atoms with Crippen molar-refractivity contribution in [3.63, 3.8) is 0 Å². The molecule has 0 bridgehead atoms. The van der Waals surface area contributed by atoms with Gasteiger partial charge in [-0.05, 0) is 59.5 Å². The fraction of sp³-hybridized carbons (Fsp3) is 0.207. The highest BCUT2D eigenvalue weighted by atomic mass is 32.2. The maximum absolute atomic E-state index is 13.1. The number of nitrogens with one attached hydrogen (secondary N) is 1. The largest absolute Gasteiger partial charge is 0.493 e. The Bertz CT molecular complexity index is 1470. The topological polar surface area (TPSA) is 86.3 Å². The minimum Gasteiger partial charge on any atom is -0.493 e. The lowest BCUT2D eigenvalue weighted by Crippen LogP contribution is -2.27. The average Bonchev–Trinajstić information content (AvgIpc) is 3.52. The summed E-state index contributed by atoms with van der Waals surface area (Å²) in [5.74, 6) is 1.77. The fourth-order valence-electron chi connectivity index (χ4n) is 4.18. The second-order valence-electron chi connectivity index (χ2n) is 8.71. The van der Waals surface area contributed by atoms with Crippen molar-refractivity contribution in [1.29, 1.82) is 0 Å². The molecule has 3 aromatic rings. The Morgan fingerprint density at radius 2 is 1.92 bits per heavy atom. The SMILES string of the molecule is CCc1ccccc1NC(=O)COc1ccc(/C=C2\SC(=S)N(Cc3ccc4c(c3)OCO4)C2=O)cc1OC. The minimum atomic E-state index is -0.270. The van der Waals surface area contributed by atoms with Gasteiger partial charge in [-0.25, -0.2) is 0 Å². The van der Waals surface area contributed by atoms with Crippen LogP contribution in [0.25, 0.3) is 6.08 Å². The van der Waals surface area contributed by atoms with Crippen molar-refractivity contribution in [2.24, 2.45) is 0 Å². The predicted molar refractivity (Wildman–Crippen MR) is 154 cm³/mol. The van der Waals surface area contributed by atoms with Crippen molar-refractivity contribution >= 4 is 51.9 Å². The number of ether oxygens (including phenoxy) is 4. The number of para-hydroxylation sites is 1. The zero-order chi connectivity index (χ0) is 27.4. The molecule has 10 heteroatoms. The smallest absolute Gasteiger partial charge is 0.266 e. The van der Waals surface area contributed by atoms with Gasteiger partial charge >= 0.3 is 0 Å². The highest BCUT2D eigenvalue weighted by molar-refractivity contribution is 8.26. The van der Waals surface area contributed by atoms with E-state index >= 15 is 0 Å². The van der Waals surface area contributed by atoms with E-state index in [1.807, 2.05) is 49.4 Å². The molecule has 1 N–H and O–H groups in total. The first-order valence-electron chi connectivity index (χ1n) is 12.3. The number of nitrogens with zero attached hydrogens (tertiary/aromatic N) is 1. The van der Waals surface area contributed by atoms with Crippen LogP contribution in [0.2, 0.25) is 0 Å². The summed E-state index contributed by atoms with van der Waals surface area (Å²) < 4.78 is 22.5. The summed E-state index contributed by atoms with van der Waals surface area (Å²) >= 11 is 6.73. The summed E-state index contributed by atoms with van der Waals surface area (Å²) in [6.45, 7) is 2.38. The molecule has 200 valence electrons. The standard InChI is InChI=1S/C29H26N2O6S2/c1-3-20-6-4-5-7-21(20)30-27(32)16-35-22-10-8-18(12-24(22)34-2)14-26-28(33)31(29(38)39-26)15-19-9-11-23-25(13-19)37-17-36-23/h4-14H,3,15-17H2,1-2H3,(H,30,32)/b26-14-. The molecular formula is C29H26N2O6S2. The molecule has 2 aliphatic heterocycles. The molecule has 0 aromatic heterocycles. The first-order valence-corrected chi connectivity index (χ1v) is 13.5. The van der Waals surface area contributed by atoms with E-state index in [-0.39, 0.29) is 25.2 Å². The van der Waals surface area contributed by atoms with Crippen molar-refractivity contribution in [2.75, 3.05) is 25.8 Å². The molecule has 0 aliphatic carbocycles. The number of rotatable bonds is 9. The molecule has 2 heterocycles. The van der Waals surface area contributed by atoms with Crippen LogP contribution in [0, 0.1) is 0 Å². The maximum atomic E-state index is 13.1. The van der Waals surface area contributed by atoms with Gasteiger partial charge in [0.15, 0.2) is 29.6 Å². The maximum Gasteiger partial charge on any atom is 0.266 e. The monoisotopic (exact) mass is 562 g/mol. The number of carbonyl (C=O) groups excluding carboxylic acids is 2. The number of methoxy groups -OCH3 is 1. The number of hydrogen-bond donors (Lipinski definition) is 1. The van der Waals surface area contributed by atoms with Crippen LogP contribution in [0.3, 0.4) is 0 Å². The van der Waals surface area contributed by atoms with Gasteiger partial charge in [0.25, 0.3) is 11.8 Å². The van der Waals surface area contributed by atoms with E-state index < -0.39 is 0 Å². The molecule has 0 spiro atoms. The average molecular weight is 563 g/mol. The first-order chi connectivity index (χ1) is 18.9. The summed E-state index contributed by atoms with van der Waals surface area (Å²) in [6, 6.07) is 18.5. The van der Waals surface area contributed by atoms with Crippen LogP contribution in [0.4, 0.5) is 5.69 Å². The molecule has 0 radical (unpaired) electrons. The van der Waals surface area contributed by atoms with E-state index in [2.05, 4.69) is 5.32 Å². The van der Waals surface area contributed by atoms with Crippen LogP contribution < -0.4 is 24.3 Å². The summed E-state index contributed by atoms with van der Waals surface area (Å²) in [7, 11) is 1.52. The third-order valence-corrected chi connectivity index (χ3v) is 7.55. The van der Waals surface area contributed by atoms with Crippen molar-refractivity contribution in [1.82, 2.24) is 4.90 Å². The number of anilines is 1. The molecule has 1 saturated heterocycles. The number of hydrogen-bond acceptors (Lipinski definition) is 8. The van der Waals surface area contributed by atoms with Crippen molar-refractivity contribution in [3.05, 3.63) is 82.3 Å². The Morgan fingerprint density at radius 1 is 1.10 bits per heavy atom. The fourth-order valence-corrected chi connectivity index (χ4v) is 5.44. The molecule has 0 saturated carbocycles. The quantitative estimate of drug-likeness (QED) is 0.274. The van der Waals surface area contributed by atoms with Gasteiger partial charge in [0.2, 0.25) is 6.79 Å². The van der Waals surface area contributed by atoms with Crippen LogP contribution in [0.5, 0.6) is 23.0 Å². The van der Waals surface area contributed by atoms with Gasteiger partial charge in [0.05, 0.1) is 18.6 Å². The highest BCUT2D eigenvalue weighted by Crippen LogP contribution is 2.37. The van der Waals surface area contributed by atoms with Gasteiger partial charge in [-0.15, -0.1) is 0 Å². The van der Waals surface area contributed by atoms with Gasteiger partial charge in [0, 0.05) is 5.69 Å². The number of thioether (sulfide) groups is 1. The first kappa shape index (κ1) is 26.6. The molecule has 8 nitrogen and oxygen atoms in total. The summed E-state index contributed by atoms with van der Waals surface area (Å²) in [5, 5.41) is 2.89. The zero-order valence-corrected chi connectivity index (χ0v) is 23.0. The Kier molecular flexibility index (Phi) is 8.04. The van der Waals surface area contributed by atoms with Crippen LogP contribution in [-0.2, 0) is 22.6 Å². The number of fused-ring (bicyclic) bond motifs is 1. The third kappa shape index (κ3) is 6.02. The van der Waals surface area contributed by atoms with Crippen LogP contribution in [0.15, 0.2) is 65.6 Å². The second-order valence-corrected chi connectivity index (χ2v) is 10.4. The molecule has 2 amide bonds. The normalized spacial score (nSPS) is 15.1. The Balaban J connectivity index is 1.24. The van der Waals surface area contributed by atoms with Gasteiger partial charge < -0.3 is 24.3 Å². The van der Waals surface area contributed by atoms with Gasteiger partial charge in [-0.1, -0.05) is 61.2 Å². The number of thiocarbonyl (C=S) groups is 1. The van der Waals surface area contributed by atoms with Gasteiger partial charge in [-0.2, -0.15) is 0 Å². The Morgan fingerprint density at radius 3 is 2.74 bits per heavy atom. The minimum absolute atomic E-state index is 0.174.